The van der Waals surface area contributed by atoms with Gasteiger partial charge in [0.05, 0.1) is 31.6 Å². The second-order valence-corrected chi connectivity index (χ2v) is 4.90. The maximum atomic E-state index is 12.4. The molecule has 106 valence electrons. The molecule has 0 radical (unpaired) electrons. The van der Waals surface area contributed by atoms with E-state index in [1.807, 2.05) is 6.92 Å². The lowest BCUT2D eigenvalue weighted by Gasteiger charge is -2.38. The number of aromatic nitrogens is 2. The van der Waals surface area contributed by atoms with Gasteiger partial charge in [-0.15, -0.1) is 0 Å². The Kier molecular flexibility index (Phi) is 4.18. The number of hydrogen-bond donors (Lipinski definition) is 2. The molecule has 1 aliphatic heterocycles. The number of rotatable bonds is 3. The molecule has 3 atom stereocenters. The topological polar surface area (TPSA) is 93.6 Å². The van der Waals surface area contributed by atoms with E-state index in [1.165, 1.54) is 0 Å². The lowest BCUT2D eigenvalue weighted by atomic mass is 10.1. The molecule has 0 aliphatic carbocycles. The van der Waals surface area contributed by atoms with Crippen LogP contribution in [0.5, 0.6) is 0 Å². The average molecular weight is 268 g/mol. The molecule has 0 aromatic carbocycles. The van der Waals surface area contributed by atoms with Gasteiger partial charge in [-0.2, -0.15) is 5.10 Å². The van der Waals surface area contributed by atoms with E-state index >= 15 is 0 Å². The van der Waals surface area contributed by atoms with Crippen molar-refractivity contribution in [1.82, 2.24) is 14.7 Å². The quantitative estimate of drug-likeness (QED) is 0.735. The van der Waals surface area contributed by atoms with Crippen LogP contribution in [0.3, 0.4) is 0 Å². The Morgan fingerprint density at radius 2 is 2.47 bits per heavy atom. The highest BCUT2D eigenvalue weighted by molar-refractivity contribution is 5.83. The van der Waals surface area contributed by atoms with Gasteiger partial charge in [-0.25, -0.2) is 0 Å². The molecule has 1 amide bonds. The van der Waals surface area contributed by atoms with Crippen molar-refractivity contribution in [3.05, 3.63) is 18.0 Å². The van der Waals surface area contributed by atoms with Gasteiger partial charge in [0.2, 0.25) is 5.91 Å². The van der Waals surface area contributed by atoms with Crippen LogP contribution in [-0.4, -0.2) is 57.6 Å². The van der Waals surface area contributed by atoms with Crippen molar-refractivity contribution in [2.24, 2.45) is 12.8 Å². The molecular weight excluding hydrogens is 248 g/mol. The first kappa shape index (κ1) is 14.0. The summed E-state index contributed by atoms with van der Waals surface area (Å²) in [6.45, 7) is 2.58. The molecule has 2 rings (SSSR count). The monoisotopic (exact) mass is 268 g/mol. The minimum Gasteiger partial charge on any atom is -0.394 e. The minimum absolute atomic E-state index is 0.0435. The van der Waals surface area contributed by atoms with E-state index in [4.69, 9.17) is 15.6 Å². The van der Waals surface area contributed by atoms with Gasteiger partial charge in [-0.05, 0) is 6.92 Å². The number of hydrogen-bond acceptors (Lipinski definition) is 5. The van der Waals surface area contributed by atoms with Crippen LogP contribution in [0.25, 0.3) is 0 Å². The van der Waals surface area contributed by atoms with Crippen LogP contribution in [-0.2, 0) is 16.6 Å². The molecule has 1 aromatic heterocycles. The summed E-state index contributed by atoms with van der Waals surface area (Å²) in [5, 5.41) is 13.1. The largest absolute Gasteiger partial charge is 0.394 e. The van der Waals surface area contributed by atoms with Crippen molar-refractivity contribution in [2.45, 2.75) is 25.1 Å². The maximum Gasteiger partial charge on any atom is 0.244 e. The predicted molar refractivity (Wildman–Crippen MR) is 68.1 cm³/mol. The molecular formula is C12H20N4O3. The van der Waals surface area contributed by atoms with E-state index in [0.717, 1.165) is 0 Å². The number of ether oxygens (including phenoxy) is 1. The molecule has 19 heavy (non-hydrogen) atoms. The third kappa shape index (κ3) is 2.94. The molecule has 1 aromatic rings. The average Bonchev–Trinajstić information content (AvgIpc) is 2.84. The standard InChI is InChI=1S/C12H20N4O3/c1-8-7-19-10(6-17)5-16(8)12(18)11(13)9-3-14-15(2)4-9/h3-4,8,10-11,17H,5-7,13H2,1-2H3. The fraction of sp³-hybridized carbons (Fsp3) is 0.667. The zero-order valence-corrected chi connectivity index (χ0v) is 11.2. The molecule has 1 fully saturated rings. The van der Waals surface area contributed by atoms with Crippen LogP contribution in [0.4, 0.5) is 0 Å². The van der Waals surface area contributed by atoms with Crippen molar-refractivity contribution >= 4 is 5.91 Å². The number of aliphatic hydroxyl groups is 1. The Morgan fingerprint density at radius 1 is 1.74 bits per heavy atom. The summed E-state index contributed by atoms with van der Waals surface area (Å²) < 4.78 is 7.02. The van der Waals surface area contributed by atoms with Gasteiger partial charge >= 0.3 is 0 Å². The highest BCUT2D eigenvalue weighted by Crippen LogP contribution is 2.18. The summed E-state index contributed by atoms with van der Waals surface area (Å²) in [5.74, 6) is -0.165. The lowest BCUT2D eigenvalue weighted by molar-refractivity contribution is -0.147. The smallest absolute Gasteiger partial charge is 0.244 e. The number of aryl methyl sites for hydroxylation is 1. The zero-order chi connectivity index (χ0) is 14.0. The fourth-order valence-corrected chi connectivity index (χ4v) is 2.16. The Balaban J connectivity index is 2.09. The number of carbonyl (C=O) groups is 1. The SMILES string of the molecule is CC1COC(CO)CN1C(=O)C(N)c1cnn(C)c1. The first-order valence-corrected chi connectivity index (χ1v) is 6.30. The van der Waals surface area contributed by atoms with E-state index in [9.17, 15) is 4.79 Å². The molecule has 3 unspecified atom stereocenters. The summed E-state index contributed by atoms with van der Waals surface area (Å²) in [4.78, 5) is 14.1. The third-order valence-electron chi connectivity index (χ3n) is 3.34. The van der Waals surface area contributed by atoms with Crippen molar-refractivity contribution in [3.8, 4) is 0 Å². The molecule has 1 saturated heterocycles. The van der Waals surface area contributed by atoms with Crippen LogP contribution in [0.2, 0.25) is 0 Å². The highest BCUT2D eigenvalue weighted by atomic mass is 16.5. The van der Waals surface area contributed by atoms with E-state index in [1.54, 1.807) is 29.0 Å². The van der Waals surface area contributed by atoms with Gasteiger partial charge in [0, 0.05) is 25.4 Å². The fourth-order valence-electron chi connectivity index (χ4n) is 2.16. The Morgan fingerprint density at radius 3 is 3.05 bits per heavy atom. The van der Waals surface area contributed by atoms with Gasteiger partial charge in [0.1, 0.15) is 6.04 Å². The van der Waals surface area contributed by atoms with E-state index in [0.29, 0.717) is 18.7 Å². The number of nitrogens with zero attached hydrogens (tertiary/aromatic N) is 3. The summed E-state index contributed by atoms with van der Waals surface area (Å²) in [7, 11) is 1.78. The molecule has 1 aliphatic rings. The van der Waals surface area contributed by atoms with Crippen LogP contribution in [0.1, 0.15) is 18.5 Å². The summed E-state index contributed by atoms with van der Waals surface area (Å²) in [6, 6.07) is -0.772. The first-order chi connectivity index (χ1) is 9.02. The number of aliphatic hydroxyl groups excluding tert-OH is 1. The van der Waals surface area contributed by atoms with Crippen LogP contribution < -0.4 is 5.73 Å². The van der Waals surface area contributed by atoms with Crippen molar-refractivity contribution < 1.29 is 14.6 Å². The summed E-state index contributed by atoms with van der Waals surface area (Å²) in [6.07, 6.45) is 3.00. The summed E-state index contributed by atoms with van der Waals surface area (Å²) in [5.41, 5.74) is 6.67. The van der Waals surface area contributed by atoms with Gasteiger partial charge in [0.15, 0.2) is 0 Å². The van der Waals surface area contributed by atoms with Crippen molar-refractivity contribution in [2.75, 3.05) is 19.8 Å². The molecule has 3 N–H and O–H groups in total. The van der Waals surface area contributed by atoms with E-state index in [2.05, 4.69) is 5.10 Å². The number of amides is 1. The molecule has 0 spiro atoms. The second-order valence-electron chi connectivity index (χ2n) is 4.90. The van der Waals surface area contributed by atoms with Gasteiger partial charge in [-0.3, -0.25) is 9.48 Å². The van der Waals surface area contributed by atoms with E-state index in [-0.39, 0.29) is 24.7 Å². The Labute approximate surface area is 111 Å². The molecule has 0 bridgehead atoms. The molecule has 7 nitrogen and oxygen atoms in total. The lowest BCUT2D eigenvalue weighted by Crippen LogP contribution is -2.54. The van der Waals surface area contributed by atoms with Crippen molar-refractivity contribution in [3.63, 3.8) is 0 Å². The minimum atomic E-state index is -0.728. The van der Waals surface area contributed by atoms with Crippen LogP contribution in [0.15, 0.2) is 12.4 Å². The van der Waals surface area contributed by atoms with Crippen LogP contribution >= 0.6 is 0 Å². The maximum absolute atomic E-state index is 12.4. The van der Waals surface area contributed by atoms with Crippen LogP contribution in [0, 0.1) is 0 Å². The second kappa shape index (κ2) is 5.68. The number of carbonyl (C=O) groups excluding carboxylic acids is 1. The first-order valence-electron chi connectivity index (χ1n) is 6.30. The predicted octanol–water partition coefficient (Wildman–Crippen LogP) is -0.972. The van der Waals surface area contributed by atoms with Gasteiger partial charge < -0.3 is 20.5 Å². The molecule has 2 heterocycles. The van der Waals surface area contributed by atoms with E-state index < -0.39 is 6.04 Å². The number of nitrogens with two attached hydrogens (primary N) is 1. The molecule has 0 saturated carbocycles. The normalized spacial score (nSPS) is 25.4. The Bertz CT molecular complexity index is 448. The Hall–Kier alpha value is -1.44. The van der Waals surface area contributed by atoms with Crippen molar-refractivity contribution in [1.29, 1.82) is 0 Å². The molecule has 7 heteroatoms. The highest BCUT2D eigenvalue weighted by Gasteiger charge is 2.32. The zero-order valence-electron chi connectivity index (χ0n) is 11.2. The van der Waals surface area contributed by atoms with Gasteiger partial charge in [0.25, 0.3) is 0 Å². The third-order valence-corrected chi connectivity index (χ3v) is 3.34. The summed E-state index contributed by atoms with van der Waals surface area (Å²) >= 11 is 0. The number of morpholine rings is 1. The van der Waals surface area contributed by atoms with Gasteiger partial charge in [-0.1, -0.05) is 0 Å².